The van der Waals surface area contributed by atoms with Gasteiger partial charge in [-0.2, -0.15) is 0 Å². The molecule has 118 valence electrons. The number of nitrogens with zero attached hydrogens (tertiary/aromatic N) is 3. The molecule has 1 saturated heterocycles. The summed E-state index contributed by atoms with van der Waals surface area (Å²) >= 11 is 1.38. The van der Waals surface area contributed by atoms with Gasteiger partial charge in [-0.1, -0.05) is 0 Å². The monoisotopic (exact) mass is 436 g/mol. The zero-order valence-corrected chi connectivity index (χ0v) is 14.5. The van der Waals surface area contributed by atoms with Crippen LogP contribution in [0.2, 0.25) is 0 Å². The first-order valence-electron chi connectivity index (χ1n) is 6.77. The van der Waals surface area contributed by atoms with Crippen LogP contribution in [0.15, 0.2) is 24.5 Å². The quantitative estimate of drug-likeness (QED) is 0.585. The van der Waals surface area contributed by atoms with Crippen LogP contribution < -0.4 is 9.62 Å². The number of anilines is 1. The van der Waals surface area contributed by atoms with Crippen LogP contribution in [0.4, 0.5) is 10.2 Å². The van der Waals surface area contributed by atoms with E-state index in [1.165, 1.54) is 39.7 Å². The van der Waals surface area contributed by atoms with E-state index in [9.17, 15) is 12.8 Å². The number of rotatable bonds is 4. The Labute approximate surface area is 139 Å². The molecule has 0 bridgehead atoms. The molecule has 2 aromatic rings. The third-order valence-electron chi connectivity index (χ3n) is 3.71. The molecule has 0 aliphatic carbocycles. The molecule has 1 aliphatic rings. The summed E-state index contributed by atoms with van der Waals surface area (Å²) in [6.07, 6.45) is 2.33. The minimum absolute atomic E-state index is 0.211. The minimum atomic E-state index is -3.21. The van der Waals surface area contributed by atoms with Crippen LogP contribution in [0.3, 0.4) is 0 Å². The summed E-state index contributed by atoms with van der Waals surface area (Å²) in [5, 5.41) is 0.678. The Kier molecular flexibility index (Phi) is 4.46. The lowest BCUT2D eigenvalue weighted by Gasteiger charge is -2.19. The summed E-state index contributed by atoms with van der Waals surface area (Å²) in [5.74, 6) is 0.587. The molecule has 0 saturated carbocycles. The Morgan fingerprint density at radius 2 is 2.23 bits per heavy atom. The molecule has 1 atom stereocenters. The standard InChI is InChI=1S/C13H14FIN4O2S/c14-10-1-2-12-11(5-10)13(17-8-16-12)19-4-3-9(7-19)6-18-22(15,20)21/h1-2,5,8-9,18H,3-4,6-7H2. The van der Waals surface area contributed by atoms with E-state index < -0.39 is 7.19 Å². The molecular weight excluding hydrogens is 422 g/mol. The molecule has 22 heavy (non-hydrogen) atoms. The largest absolute Gasteiger partial charge is 0.356 e. The van der Waals surface area contributed by atoms with Crippen molar-refractivity contribution < 1.29 is 12.8 Å². The van der Waals surface area contributed by atoms with Gasteiger partial charge in [0.2, 0.25) is 0 Å². The Hall–Kier alpha value is -1.07. The SMILES string of the molecule is O=S(=O)(I)NCC1CCN(c2ncnc3ccc(F)cc23)C1. The highest BCUT2D eigenvalue weighted by Crippen LogP contribution is 2.28. The molecule has 6 nitrogen and oxygen atoms in total. The zero-order chi connectivity index (χ0) is 15.7. The second kappa shape index (κ2) is 6.20. The molecule has 0 spiro atoms. The van der Waals surface area contributed by atoms with E-state index in [1.807, 2.05) is 0 Å². The van der Waals surface area contributed by atoms with E-state index in [0.717, 1.165) is 13.0 Å². The fourth-order valence-electron chi connectivity index (χ4n) is 2.68. The smallest absolute Gasteiger partial charge is 0.265 e. The summed E-state index contributed by atoms with van der Waals surface area (Å²) in [6, 6.07) is 4.44. The van der Waals surface area contributed by atoms with Crippen LogP contribution >= 0.6 is 21.2 Å². The molecule has 1 aliphatic heterocycles. The van der Waals surface area contributed by atoms with Crippen LogP contribution in [0.5, 0.6) is 0 Å². The van der Waals surface area contributed by atoms with E-state index in [-0.39, 0.29) is 11.7 Å². The summed E-state index contributed by atoms with van der Waals surface area (Å²) in [4.78, 5) is 10.5. The number of nitrogens with one attached hydrogen (secondary N) is 1. The molecule has 1 aromatic carbocycles. The van der Waals surface area contributed by atoms with Gasteiger partial charge in [-0.25, -0.2) is 27.5 Å². The minimum Gasteiger partial charge on any atom is -0.356 e. The van der Waals surface area contributed by atoms with Crippen molar-refractivity contribution in [3.8, 4) is 0 Å². The van der Waals surface area contributed by atoms with Crippen molar-refractivity contribution in [2.45, 2.75) is 6.42 Å². The maximum absolute atomic E-state index is 13.5. The van der Waals surface area contributed by atoms with Crippen molar-refractivity contribution in [1.29, 1.82) is 0 Å². The van der Waals surface area contributed by atoms with E-state index >= 15 is 0 Å². The maximum Gasteiger partial charge on any atom is 0.265 e. The molecule has 0 radical (unpaired) electrons. The van der Waals surface area contributed by atoms with Gasteiger partial charge in [0.1, 0.15) is 18.0 Å². The fraction of sp³-hybridized carbons (Fsp3) is 0.385. The van der Waals surface area contributed by atoms with Gasteiger partial charge in [-0.3, -0.25) is 0 Å². The molecule has 9 heteroatoms. The van der Waals surface area contributed by atoms with Crippen LogP contribution in [0, 0.1) is 11.7 Å². The second-order valence-corrected chi connectivity index (χ2v) is 9.89. The van der Waals surface area contributed by atoms with Gasteiger partial charge < -0.3 is 4.90 Å². The van der Waals surface area contributed by atoms with Gasteiger partial charge in [0.25, 0.3) is 7.19 Å². The Morgan fingerprint density at radius 3 is 3.00 bits per heavy atom. The summed E-state index contributed by atoms with van der Waals surface area (Å²) in [6.45, 7) is 1.84. The first-order chi connectivity index (χ1) is 10.4. The van der Waals surface area contributed by atoms with Crippen molar-refractivity contribution in [3.05, 3.63) is 30.3 Å². The third-order valence-corrected chi connectivity index (χ3v) is 5.15. The lowest BCUT2D eigenvalue weighted by atomic mass is 10.1. The average molecular weight is 436 g/mol. The molecule has 1 aromatic heterocycles. The number of aromatic nitrogens is 2. The number of benzene rings is 1. The first kappa shape index (κ1) is 15.8. The molecule has 1 unspecified atom stereocenters. The van der Waals surface area contributed by atoms with Crippen LogP contribution in [0.25, 0.3) is 10.9 Å². The van der Waals surface area contributed by atoms with Gasteiger partial charge in [-0.05, 0) is 30.5 Å². The molecule has 0 amide bonds. The highest BCUT2D eigenvalue weighted by Gasteiger charge is 2.25. The molecule has 3 rings (SSSR count). The van der Waals surface area contributed by atoms with Crippen molar-refractivity contribution in [1.82, 2.24) is 14.7 Å². The predicted molar refractivity (Wildman–Crippen MR) is 90.8 cm³/mol. The van der Waals surface area contributed by atoms with Gasteiger partial charge in [0, 0.05) is 25.0 Å². The Bertz CT molecular complexity index is 802. The molecule has 1 fully saturated rings. The highest BCUT2D eigenvalue weighted by atomic mass is 127. The van der Waals surface area contributed by atoms with Crippen LogP contribution in [-0.2, 0) is 7.19 Å². The van der Waals surface area contributed by atoms with Gasteiger partial charge in [-0.15, -0.1) is 0 Å². The van der Waals surface area contributed by atoms with E-state index in [2.05, 4.69) is 19.6 Å². The van der Waals surface area contributed by atoms with Crippen LogP contribution in [-0.4, -0.2) is 38.0 Å². The van der Waals surface area contributed by atoms with E-state index in [4.69, 9.17) is 0 Å². The van der Waals surface area contributed by atoms with E-state index in [0.29, 0.717) is 29.8 Å². The summed E-state index contributed by atoms with van der Waals surface area (Å²) in [7, 11) is -3.21. The number of hydrogen-bond acceptors (Lipinski definition) is 5. The number of hydrogen-bond donors (Lipinski definition) is 1. The predicted octanol–water partition coefficient (Wildman–Crippen LogP) is 1.86. The Morgan fingerprint density at radius 1 is 1.41 bits per heavy atom. The Balaban J connectivity index is 1.80. The molecular formula is C13H14FIN4O2S. The normalized spacial score (nSPS) is 19.0. The second-order valence-electron chi connectivity index (χ2n) is 5.25. The number of fused-ring (bicyclic) bond motifs is 1. The molecule has 2 heterocycles. The van der Waals surface area contributed by atoms with Crippen molar-refractivity contribution >= 4 is 45.1 Å². The highest BCUT2D eigenvalue weighted by molar-refractivity contribution is 14.2. The van der Waals surface area contributed by atoms with Crippen molar-refractivity contribution in [3.63, 3.8) is 0 Å². The fourth-order valence-corrected chi connectivity index (χ4v) is 3.65. The van der Waals surface area contributed by atoms with Crippen molar-refractivity contribution in [2.75, 3.05) is 24.5 Å². The topological polar surface area (TPSA) is 75.2 Å². The lowest BCUT2D eigenvalue weighted by molar-refractivity contribution is 0.552. The van der Waals surface area contributed by atoms with Gasteiger partial charge >= 0.3 is 0 Å². The lowest BCUT2D eigenvalue weighted by Crippen LogP contribution is -2.28. The summed E-state index contributed by atoms with van der Waals surface area (Å²) in [5.41, 5.74) is 0.697. The van der Waals surface area contributed by atoms with Gasteiger partial charge in [0.15, 0.2) is 0 Å². The van der Waals surface area contributed by atoms with Gasteiger partial charge in [0.05, 0.1) is 26.7 Å². The number of halogens is 2. The summed E-state index contributed by atoms with van der Waals surface area (Å²) < 4.78 is 38.3. The maximum atomic E-state index is 13.5. The zero-order valence-electron chi connectivity index (χ0n) is 11.5. The first-order valence-corrected chi connectivity index (χ1v) is 10.8. The molecule has 1 N–H and O–H groups in total. The van der Waals surface area contributed by atoms with E-state index in [1.54, 1.807) is 6.07 Å². The van der Waals surface area contributed by atoms with Crippen LogP contribution in [0.1, 0.15) is 6.42 Å². The third kappa shape index (κ3) is 3.63. The van der Waals surface area contributed by atoms with Crippen molar-refractivity contribution in [2.24, 2.45) is 5.92 Å². The average Bonchev–Trinajstić information content (AvgIpc) is 2.92.